The lowest BCUT2D eigenvalue weighted by molar-refractivity contribution is -0.124. The quantitative estimate of drug-likeness (QED) is 0.787. The molecule has 1 aromatic heterocycles. The van der Waals surface area contributed by atoms with E-state index in [2.05, 4.69) is 10.4 Å². The highest BCUT2D eigenvalue weighted by Gasteiger charge is 2.19. The summed E-state index contributed by atoms with van der Waals surface area (Å²) in [6, 6.07) is 6.65. The van der Waals surface area contributed by atoms with Gasteiger partial charge in [-0.25, -0.2) is 9.48 Å². The Morgan fingerprint density at radius 3 is 2.84 bits per heavy atom. The molecule has 0 saturated carbocycles. The topological polar surface area (TPSA) is 99.5 Å². The molecule has 2 heterocycles. The van der Waals surface area contributed by atoms with Crippen molar-refractivity contribution in [1.29, 1.82) is 0 Å². The van der Waals surface area contributed by atoms with E-state index in [0.717, 1.165) is 17.5 Å². The van der Waals surface area contributed by atoms with Crippen molar-refractivity contribution in [2.75, 3.05) is 19.8 Å². The maximum absolute atomic E-state index is 12.3. The van der Waals surface area contributed by atoms with Gasteiger partial charge >= 0.3 is 5.97 Å². The number of hydrogen-bond donors (Lipinski definition) is 1. The predicted octanol–water partition coefficient (Wildman–Crippen LogP) is 0.385. The van der Waals surface area contributed by atoms with Crippen molar-refractivity contribution >= 4 is 22.6 Å². The zero-order chi connectivity index (χ0) is 17.8. The van der Waals surface area contributed by atoms with Crippen molar-refractivity contribution in [1.82, 2.24) is 15.1 Å². The number of rotatable bonds is 5. The number of benzene rings is 1. The smallest absolute Gasteiger partial charge is 0.359 e. The summed E-state index contributed by atoms with van der Waals surface area (Å²) in [6.45, 7) is 0.697. The summed E-state index contributed by atoms with van der Waals surface area (Å²) in [5, 5.41) is 7.41. The highest BCUT2D eigenvalue weighted by Crippen LogP contribution is 2.14. The van der Waals surface area contributed by atoms with Gasteiger partial charge in [-0.1, -0.05) is 18.2 Å². The summed E-state index contributed by atoms with van der Waals surface area (Å²) in [5.41, 5.74) is -0.300. The van der Waals surface area contributed by atoms with Gasteiger partial charge in [-0.05, 0) is 18.9 Å². The predicted molar refractivity (Wildman–Crippen MR) is 89.3 cm³/mol. The zero-order valence-electron chi connectivity index (χ0n) is 13.9. The Balaban J connectivity index is 1.65. The number of nitrogens with zero attached hydrogens (tertiary/aromatic N) is 2. The van der Waals surface area contributed by atoms with Crippen LogP contribution in [0.3, 0.4) is 0 Å². The largest absolute Gasteiger partial charge is 0.451 e. The SMILES string of the molecule is Cn1nc(C(=O)OCC(=O)NC[C@@H]2CCCO2)c2ccccc2c1=O. The molecule has 8 nitrogen and oxygen atoms in total. The van der Waals surface area contributed by atoms with Crippen molar-refractivity contribution in [3.63, 3.8) is 0 Å². The number of esters is 1. The summed E-state index contributed by atoms with van der Waals surface area (Å²) in [6.07, 6.45) is 1.92. The summed E-state index contributed by atoms with van der Waals surface area (Å²) >= 11 is 0. The number of carbonyl (C=O) groups is 2. The first-order valence-electron chi connectivity index (χ1n) is 8.07. The normalized spacial score (nSPS) is 16.8. The summed E-state index contributed by atoms with van der Waals surface area (Å²) < 4.78 is 11.5. The Hall–Kier alpha value is -2.74. The molecule has 0 unspecified atom stereocenters. The number of fused-ring (bicyclic) bond motifs is 1. The van der Waals surface area contributed by atoms with Gasteiger partial charge in [0, 0.05) is 25.6 Å². The second kappa shape index (κ2) is 7.43. The van der Waals surface area contributed by atoms with Gasteiger partial charge in [0.15, 0.2) is 12.3 Å². The molecule has 8 heteroatoms. The van der Waals surface area contributed by atoms with Gasteiger partial charge < -0.3 is 14.8 Å². The van der Waals surface area contributed by atoms with Gasteiger partial charge in [0.25, 0.3) is 11.5 Å². The number of nitrogens with one attached hydrogen (secondary N) is 1. The molecule has 1 atom stereocenters. The van der Waals surface area contributed by atoms with Crippen LogP contribution < -0.4 is 10.9 Å². The van der Waals surface area contributed by atoms with E-state index in [1.54, 1.807) is 24.3 Å². The molecular weight excluding hydrogens is 326 g/mol. The second-order valence-corrected chi connectivity index (χ2v) is 5.84. The fourth-order valence-electron chi connectivity index (χ4n) is 2.73. The van der Waals surface area contributed by atoms with Crippen molar-refractivity contribution in [3.8, 4) is 0 Å². The van der Waals surface area contributed by atoms with Crippen LogP contribution in [0.25, 0.3) is 10.8 Å². The van der Waals surface area contributed by atoms with Gasteiger partial charge in [-0.2, -0.15) is 5.10 Å². The summed E-state index contributed by atoms with van der Waals surface area (Å²) in [5.74, 6) is -1.16. The third-order valence-electron chi connectivity index (χ3n) is 4.04. The molecule has 1 N–H and O–H groups in total. The van der Waals surface area contributed by atoms with Gasteiger partial charge in [0.1, 0.15) is 0 Å². The minimum absolute atomic E-state index is 0.00428. The first-order valence-corrected chi connectivity index (χ1v) is 8.07. The molecule has 1 aliphatic heterocycles. The van der Waals surface area contributed by atoms with Crippen LogP contribution >= 0.6 is 0 Å². The number of aromatic nitrogens is 2. The highest BCUT2D eigenvalue weighted by molar-refractivity contribution is 6.02. The van der Waals surface area contributed by atoms with Crippen LogP contribution in [0, 0.1) is 0 Å². The van der Waals surface area contributed by atoms with Crippen LogP contribution in [0.5, 0.6) is 0 Å². The van der Waals surface area contributed by atoms with E-state index < -0.39 is 18.5 Å². The lowest BCUT2D eigenvalue weighted by atomic mass is 10.1. The van der Waals surface area contributed by atoms with Crippen LogP contribution in [0.15, 0.2) is 29.1 Å². The number of aryl methyl sites for hydroxylation is 1. The summed E-state index contributed by atoms with van der Waals surface area (Å²) in [4.78, 5) is 36.1. The third-order valence-corrected chi connectivity index (χ3v) is 4.04. The van der Waals surface area contributed by atoms with E-state index >= 15 is 0 Å². The molecule has 1 amide bonds. The first-order chi connectivity index (χ1) is 12.1. The Morgan fingerprint density at radius 2 is 2.12 bits per heavy atom. The average Bonchev–Trinajstić information content (AvgIpc) is 3.14. The van der Waals surface area contributed by atoms with Crippen LogP contribution in [0.4, 0.5) is 0 Å². The average molecular weight is 345 g/mol. The van der Waals surface area contributed by atoms with Crippen molar-refractivity contribution in [2.24, 2.45) is 7.05 Å². The third kappa shape index (κ3) is 3.85. The van der Waals surface area contributed by atoms with Gasteiger partial charge in [0.2, 0.25) is 0 Å². The molecule has 2 aromatic rings. The maximum atomic E-state index is 12.3. The molecule has 1 fully saturated rings. The molecule has 0 bridgehead atoms. The van der Waals surface area contributed by atoms with E-state index in [9.17, 15) is 14.4 Å². The standard InChI is InChI=1S/C17H19N3O5/c1-20-16(22)13-7-3-2-6-12(13)15(19-20)17(23)25-10-14(21)18-9-11-5-4-8-24-11/h2-3,6-7,11H,4-5,8-10H2,1H3,(H,18,21)/t11-/m0/s1. The van der Waals surface area contributed by atoms with Gasteiger partial charge in [-0.3, -0.25) is 9.59 Å². The zero-order valence-corrected chi connectivity index (χ0v) is 13.9. The monoisotopic (exact) mass is 345 g/mol. The molecule has 0 radical (unpaired) electrons. The molecule has 1 aromatic carbocycles. The van der Waals surface area contributed by atoms with Gasteiger partial charge in [0.05, 0.1) is 11.5 Å². The minimum Gasteiger partial charge on any atom is -0.451 e. The number of amides is 1. The lowest BCUT2D eigenvalue weighted by Crippen LogP contribution is -2.35. The molecule has 1 aliphatic rings. The molecule has 132 valence electrons. The molecule has 0 aliphatic carbocycles. The van der Waals surface area contributed by atoms with Crippen molar-refractivity contribution in [2.45, 2.75) is 18.9 Å². The van der Waals surface area contributed by atoms with Gasteiger partial charge in [-0.15, -0.1) is 0 Å². The fourth-order valence-corrected chi connectivity index (χ4v) is 2.73. The molecule has 3 rings (SSSR count). The lowest BCUT2D eigenvalue weighted by Gasteiger charge is -2.11. The Kier molecular flexibility index (Phi) is 5.08. The summed E-state index contributed by atoms with van der Waals surface area (Å²) in [7, 11) is 1.46. The van der Waals surface area contributed by atoms with Crippen LogP contribution in [0.2, 0.25) is 0 Å². The van der Waals surface area contributed by atoms with Crippen molar-refractivity contribution in [3.05, 3.63) is 40.3 Å². The minimum atomic E-state index is -0.751. The Morgan fingerprint density at radius 1 is 1.36 bits per heavy atom. The number of hydrogen-bond acceptors (Lipinski definition) is 6. The fraction of sp³-hybridized carbons (Fsp3) is 0.412. The maximum Gasteiger partial charge on any atom is 0.359 e. The Labute approximate surface area is 143 Å². The van der Waals surface area contributed by atoms with Crippen molar-refractivity contribution < 1.29 is 19.1 Å². The molecular formula is C17H19N3O5. The highest BCUT2D eigenvalue weighted by atomic mass is 16.5. The first kappa shape index (κ1) is 17.1. The van der Waals surface area contributed by atoms with Crippen LogP contribution in [-0.2, 0) is 21.3 Å². The number of carbonyl (C=O) groups excluding carboxylic acids is 2. The van der Waals surface area contributed by atoms with E-state index in [4.69, 9.17) is 9.47 Å². The van der Waals surface area contributed by atoms with E-state index in [0.29, 0.717) is 23.9 Å². The molecule has 1 saturated heterocycles. The van der Waals surface area contributed by atoms with E-state index in [1.165, 1.54) is 7.05 Å². The molecule has 0 spiro atoms. The van der Waals surface area contributed by atoms with Crippen LogP contribution in [-0.4, -0.2) is 47.5 Å². The second-order valence-electron chi connectivity index (χ2n) is 5.84. The van der Waals surface area contributed by atoms with Crippen LogP contribution in [0.1, 0.15) is 23.3 Å². The number of ether oxygens (including phenoxy) is 2. The Bertz CT molecular complexity index is 855. The van der Waals surface area contributed by atoms with E-state index in [-0.39, 0.29) is 17.4 Å². The molecule has 25 heavy (non-hydrogen) atoms. The van der Waals surface area contributed by atoms with E-state index in [1.807, 2.05) is 0 Å².